The smallest absolute Gasteiger partial charge is 0.337 e. The zero-order valence-electron chi connectivity index (χ0n) is 18.2. The van der Waals surface area contributed by atoms with Crippen molar-refractivity contribution in [3.05, 3.63) is 51.4 Å². The van der Waals surface area contributed by atoms with Gasteiger partial charge in [0.1, 0.15) is 5.75 Å². The van der Waals surface area contributed by atoms with Crippen molar-refractivity contribution in [1.82, 2.24) is 9.88 Å². The van der Waals surface area contributed by atoms with Crippen LogP contribution in [0.5, 0.6) is 5.75 Å². The number of benzene rings is 1. The summed E-state index contributed by atoms with van der Waals surface area (Å²) in [7, 11) is 3.13. The highest BCUT2D eigenvalue weighted by molar-refractivity contribution is 5.89. The molecule has 10 nitrogen and oxygen atoms in total. The fourth-order valence-corrected chi connectivity index (χ4v) is 5.35. The molecule has 172 valence electrons. The number of carbonyl (C=O) groups excluding carboxylic acids is 1. The Morgan fingerprint density at radius 2 is 2.12 bits per heavy atom. The van der Waals surface area contributed by atoms with Crippen LogP contribution in [0.1, 0.15) is 30.6 Å². The Hall–Kier alpha value is -3.27. The number of ether oxygens (including phenoxy) is 3. The Labute approximate surface area is 184 Å². The third-order valence-corrected chi connectivity index (χ3v) is 6.84. The van der Waals surface area contributed by atoms with Crippen molar-refractivity contribution in [2.45, 2.75) is 31.9 Å². The minimum Gasteiger partial charge on any atom is -0.497 e. The molecular weight excluding hydrogens is 418 g/mol. The van der Waals surface area contributed by atoms with Crippen molar-refractivity contribution >= 4 is 16.9 Å². The summed E-state index contributed by atoms with van der Waals surface area (Å²) in [4.78, 5) is 26.9. The lowest BCUT2D eigenvalue weighted by Crippen LogP contribution is -2.51. The van der Waals surface area contributed by atoms with Gasteiger partial charge >= 0.3 is 5.97 Å². The number of nitrogens with one attached hydrogen (secondary N) is 1. The predicted molar refractivity (Wildman–Crippen MR) is 114 cm³/mol. The number of aromatic nitrogens is 1. The van der Waals surface area contributed by atoms with Crippen LogP contribution < -0.4 is 4.74 Å². The van der Waals surface area contributed by atoms with E-state index in [0.717, 1.165) is 37.2 Å². The van der Waals surface area contributed by atoms with Crippen molar-refractivity contribution in [3.8, 4) is 5.75 Å². The summed E-state index contributed by atoms with van der Waals surface area (Å²) in [6.07, 6.45) is 3.67. The molecule has 5 rings (SSSR count). The van der Waals surface area contributed by atoms with E-state index in [9.17, 15) is 4.79 Å². The summed E-state index contributed by atoms with van der Waals surface area (Å²) in [6, 6.07) is 6.53. The molecule has 1 aromatic heterocycles. The second-order valence-corrected chi connectivity index (χ2v) is 8.34. The highest BCUT2D eigenvalue weighted by Crippen LogP contribution is 2.47. The Kier molecular flexibility index (Phi) is 5.96. The summed E-state index contributed by atoms with van der Waals surface area (Å²) >= 11 is 0. The number of aromatic amines is 1. The van der Waals surface area contributed by atoms with E-state index in [2.05, 4.69) is 28.9 Å². The topological polar surface area (TPSA) is 127 Å². The minimum atomic E-state index is -1.50. The van der Waals surface area contributed by atoms with E-state index in [1.165, 1.54) is 23.8 Å². The van der Waals surface area contributed by atoms with Gasteiger partial charge < -0.3 is 24.4 Å². The van der Waals surface area contributed by atoms with E-state index in [-0.39, 0.29) is 24.0 Å². The van der Waals surface area contributed by atoms with E-state index >= 15 is 0 Å². The lowest BCUT2D eigenvalue weighted by atomic mass is 9.72. The summed E-state index contributed by atoms with van der Waals surface area (Å²) in [5, 5.41) is 14.9. The maximum Gasteiger partial charge on any atom is 0.337 e. The van der Waals surface area contributed by atoms with Gasteiger partial charge in [0.25, 0.3) is 5.09 Å². The number of hydrogen-bond acceptors (Lipinski definition) is 7. The Bertz CT molecular complexity index is 1060. The standard InChI is InChI=1S/C22H26N2O4.HNO3/c1-12-17-10-24-7-6-15-14-5-4-13(26-2)8-19(14)23-21(15)20(24)9-16(17)18(11-28-12)22(25)27-3;2-1(3)4/h4-5,8,11-12,16-17,20,23H,6-7,9-10H2,1-3H3;(H,2,3,4). The number of carbonyl (C=O) groups is 1. The first-order valence-electron chi connectivity index (χ1n) is 10.5. The molecule has 10 heteroatoms. The van der Waals surface area contributed by atoms with Gasteiger partial charge in [-0.2, -0.15) is 0 Å². The molecule has 4 unspecified atom stereocenters. The Morgan fingerprint density at radius 1 is 1.38 bits per heavy atom. The van der Waals surface area contributed by atoms with Crippen molar-refractivity contribution in [2.24, 2.45) is 11.8 Å². The van der Waals surface area contributed by atoms with Gasteiger partial charge in [-0.3, -0.25) is 4.90 Å². The molecule has 1 fully saturated rings. The molecule has 0 aliphatic carbocycles. The third kappa shape index (κ3) is 3.86. The summed E-state index contributed by atoms with van der Waals surface area (Å²) < 4.78 is 16.2. The fourth-order valence-electron chi connectivity index (χ4n) is 5.35. The van der Waals surface area contributed by atoms with Gasteiger partial charge in [0.05, 0.1) is 38.2 Å². The quantitative estimate of drug-likeness (QED) is 0.410. The van der Waals surface area contributed by atoms with Gasteiger partial charge in [0.15, 0.2) is 0 Å². The molecule has 0 saturated carbocycles. The first-order valence-corrected chi connectivity index (χ1v) is 10.5. The van der Waals surface area contributed by atoms with Crippen LogP contribution in [0.3, 0.4) is 0 Å². The molecule has 32 heavy (non-hydrogen) atoms. The number of esters is 1. The molecule has 4 heterocycles. The largest absolute Gasteiger partial charge is 0.497 e. The second-order valence-electron chi connectivity index (χ2n) is 8.34. The second kappa shape index (κ2) is 8.70. The van der Waals surface area contributed by atoms with Crippen LogP contribution in [-0.4, -0.2) is 59.6 Å². The highest BCUT2D eigenvalue weighted by Gasteiger charge is 2.46. The van der Waals surface area contributed by atoms with Crippen molar-refractivity contribution in [1.29, 1.82) is 0 Å². The molecule has 1 aromatic carbocycles. The Balaban J connectivity index is 0.000000567. The van der Waals surface area contributed by atoms with Crippen LogP contribution in [0.4, 0.5) is 0 Å². The predicted octanol–water partition coefficient (Wildman–Crippen LogP) is 2.84. The average Bonchev–Trinajstić information content (AvgIpc) is 3.15. The third-order valence-electron chi connectivity index (χ3n) is 6.84. The van der Waals surface area contributed by atoms with Gasteiger partial charge in [-0.25, -0.2) is 4.79 Å². The SMILES string of the molecule is COC(=O)C1=COC(C)C2CN3CCc4c([nH]c5cc(OC)ccc45)C3CC12.O=[N+]([O-])O. The van der Waals surface area contributed by atoms with Crippen molar-refractivity contribution < 1.29 is 29.3 Å². The molecule has 4 atom stereocenters. The molecular formula is C22H27N3O7. The molecule has 2 N–H and O–H groups in total. The Morgan fingerprint density at radius 3 is 2.81 bits per heavy atom. The fraction of sp³-hybridized carbons (Fsp3) is 0.500. The molecule has 3 aliphatic heterocycles. The van der Waals surface area contributed by atoms with E-state index < -0.39 is 5.09 Å². The van der Waals surface area contributed by atoms with Crippen LogP contribution in [0.25, 0.3) is 10.9 Å². The van der Waals surface area contributed by atoms with Gasteiger partial charge in [-0.1, -0.05) is 0 Å². The summed E-state index contributed by atoms with van der Waals surface area (Å²) in [6.45, 7) is 4.07. The molecule has 0 radical (unpaired) electrons. The highest BCUT2D eigenvalue weighted by atomic mass is 16.9. The maximum atomic E-state index is 12.3. The molecule has 0 spiro atoms. The van der Waals surface area contributed by atoms with Crippen LogP contribution >= 0.6 is 0 Å². The van der Waals surface area contributed by atoms with Crippen molar-refractivity contribution in [3.63, 3.8) is 0 Å². The molecule has 0 bridgehead atoms. The number of fused-ring (bicyclic) bond motifs is 6. The number of piperidine rings is 1. The first-order chi connectivity index (χ1) is 15.3. The molecule has 2 aromatic rings. The minimum absolute atomic E-state index is 0.104. The number of H-pyrrole nitrogens is 1. The lowest BCUT2D eigenvalue weighted by molar-refractivity contribution is -0.742. The number of methoxy groups -OCH3 is 2. The zero-order chi connectivity index (χ0) is 23.0. The van der Waals surface area contributed by atoms with Crippen LogP contribution in [0, 0.1) is 22.0 Å². The maximum absolute atomic E-state index is 12.3. The van der Waals surface area contributed by atoms with Crippen molar-refractivity contribution in [2.75, 3.05) is 27.3 Å². The van der Waals surface area contributed by atoms with E-state index in [1.54, 1.807) is 13.4 Å². The molecule has 1 saturated heterocycles. The normalized spacial score (nSPS) is 26.3. The molecule has 0 amide bonds. The number of nitrogens with zero attached hydrogens (tertiary/aromatic N) is 2. The number of rotatable bonds is 2. The average molecular weight is 445 g/mol. The van der Waals surface area contributed by atoms with Gasteiger partial charge in [0, 0.05) is 47.6 Å². The van der Waals surface area contributed by atoms with Gasteiger partial charge in [0.2, 0.25) is 0 Å². The van der Waals surface area contributed by atoms with E-state index in [4.69, 9.17) is 29.5 Å². The van der Waals surface area contributed by atoms with E-state index in [1.807, 2.05) is 6.07 Å². The van der Waals surface area contributed by atoms with Crippen LogP contribution in [-0.2, 0) is 20.7 Å². The van der Waals surface area contributed by atoms with Crippen LogP contribution in [0.15, 0.2) is 30.0 Å². The summed E-state index contributed by atoms with van der Waals surface area (Å²) in [5.74, 6) is 1.05. The molecule has 3 aliphatic rings. The number of hydrogen-bond donors (Lipinski definition) is 2. The first kappa shape index (κ1) is 21.9. The monoisotopic (exact) mass is 445 g/mol. The lowest BCUT2D eigenvalue weighted by Gasteiger charge is -2.49. The summed E-state index contributed by atoms with van der Waals surface area (Å²) in [5.41, 5.74) is 4.49. The van der Waals surface area contributed by atoms with Gasteiger partial charge in [-0.05, 0) is 37.5 Å². The van der Waals surface area contributed by atoms with E-state index in [0.29, 0.717) is 11.5 Å². The zero-order valence-corrected chi connectivity index (χ0v) is 18.2. The van der Waals surface area contributed by atoms with Crippen LogP contribution in [0.2, 0.25) is 0 Å². The van der Waals surface area contributed by atoms with Gasteiger partial charge in [-0.15, -0.1) is 10.1 Å².